The number of amides is 1. The Kier molecular flexibility index (Phi) is 5.94. The molecule has 0 aliphatic carbocycles. The van der Waals surface area contributed by atoms with E-state index in [0.29, 0.717) is 56.1 Å². The first kappa shape index (κ1) is 20.3. The molecule has 1 aromatic carbocycles. The monoisotopic (exact) mass is 467 g/mol. The van der Waals surface area contributed by atoms with Gasteiger partial charge < -0.3 is 9.80 Å². The summed E-state index contributed by atoms with van der Waals surface area (Å²) in [5.74, 6) is 0.495. The Bertz CT molecular complexity index is 1130. The number of anilines is 1. The topological polar surface area (TPSA) is 71.3 Å². The molecule has 1 aliphatic rings. The number of hydrogen-bond donors (Lipinski definition) is 0. The minimum atomic E-state index is -0.185. The van der Waals surface area contributed by atoms with Gasteiger partial charge in [0.05, 0.1) is 6.42 Å². The fourth-order valence-corrected chi connectivity index (χ4v) is 3.89. The van der Waals surface area contributed by atoms with Gasteiger partial charge in [0.15, 0.2) is 11.5 Å². The summed E-state index contributed by atoms with van der Waals surface area (Å²) in [7, 11) is 0. The molecule has 7 nitrogen and oxygen atoms in total. The van der Waals surface area contributed by atoms with E-state index in [4.69, 9.17) is 0 Å². The van der Waals surface area contributed by atoms with E-state index in [0.717, 1.165) is 10.0 Å². The Morgan fingerprint density at radius 3 is 2.57 bits per heavy atom. The Balaban J connectivity index is 1.50. The molecule has 3 aromatic rings. The van der Waals surface area contributed by atoms with Crippen molar-refractivity contribution in [3.63, 3.8) is 0 Å². The minimum Gasteiger partial charge on any atom is -0.348 e. The molecule has 0 saturated carbocycles. The second-order valence-electron chi connectivity index (χ2n) is 7.16. The van der Waals surface area contributed by atoms with Crippen LogP contribution in [0.3, 0.4) is 0 Å². The summed E-state index contributed by atoms with van der Waals surface area (Å²) in [5.41, 5.74) is 2.02. The van der Waals surface area contributed by atoms with E-state index >= 15 is 0 Å². The lowest BCUT2D eigenvalue weighted by Crippen LogP contribution is -2.51. The van der Waals surface area contributed by atoms with Crippen LogP contribution in [0.25, 0.3) is 11.2 Å². The average molecular weight is 468 g/mol. The molecule has 1 amide bonds. The maximum absolute atomic E-state index is 13.0. The van der Waals surface area contributed by atoms with Crippen LogP contribution < -0.4 is 10.5 Å². The highest BCUT2D eigenvalue weighted by Gasteiger charge is 2.25. The standard InChI is InChI=1S/C22H22BrN5O2/c1-2-10-28-20-18(4-3-9-24-20)25-21(22(28)30)27-13-11-26(12-14-27)19(29)15-16-5-7-17(23)8-6-16/h2-9H,1,10-15H2. The molecule has 1 saturated heterocycles. The van der Waals surface area contributed by atoms with Crippen molar-refractivity contribution in [2.75, 3.05) is 31.1 Å². The first-order valence-electron chi connectivity index (χ1n) is 9.80. The number of allylic oxidation sites excluding steroid dienone is 1. The van der Waals surface area contributed by atoms with Crippen LogP contribution in [-0.2, 0) is 17.8 Å². The van der Waals surface area contributed by atoms with Crippen molar-refractivity contribution in [3.05, 3.63) is 75.6 Å². The van der Waals surface area contributed by atoms with Crippen molar-refractivity contribution in [3.8, 4) is 0 Å². The highest BCUT2D eigenvalue weighted by atomic mass is 79.9. The predicted octanol–water partition coefficient (Wildman–Crippen LogP) is 2.63. The molecule has 1 fully saturated rings. The van der Waals surface area contributed by atoms with Crippen molar-refractivity contribution in [2.24, 2.45) is 0 Å². The molecule has 0 atom stereocenters. The van der Waals surface area contributed by atoms with Crippen LogP contribution >= 0.6 is 15.9 Å². The van der Waals surface area contributed by atoms with E-state index in [1.54, 1.807) is 22.9 Å². The van der Waals surface area contributed by atoms with Crippen LogP contribution in [0.2, 0.25) is 0 Å². The molecular weight excluding hydrogens is 446 g/mol. The largest absolute Gasteiger partial charge is 0.348 e. The summed E-state index contributed by atoms with van der Waals surface area (Å²) in [6.45, 7) is 6.36. The van der Waals surface area contributed by atoms with Crippen LogP contribution in [0.15, 0.2) is 64.5 Å². The summed E-state index contributed by atoms with van der Waals surface area (Å²) in [6.07, 6.45) is 3.70. The average Bonchev–Trinajstić information content (AvgIpc) is 2.77. The zero-order valence-electron chi connectivity index (χ0n) is 16.5. The third-order valence-electron chi connectivity index (χ3n) is 5.20. The molecule has 1 aliphatic heterocycles. The van der Waals surface area contributed by atoms with Crippen LogP contribution in [0.5, 0.6) is 0 Å². The summed E-state index contributed by atoms with van der Waals surface area (Å²) in [5, 5.41) is 0. The molecule has 0 unspecified atom stereocenters. The minimum absolute atomic E-state index is 0.0942. The van der Waals surface area contributed by atoms with Crippen molar-refractivity contribution in [1.29, 1.82) is 0 Å². The first-order valence-corrected chi connectivity index (χ1v) is 10.6. The smallest absolute Gasteiger partial charge is 0.295 e. The highest BCUT2D eigenvalue weighted by Crippen LogP contribution is 2.16. The number of fused-ring (bicyclic) bond motifs is 1. The molecule has 0 spiro atoms. The Morgan fingerprint density at radius 1 is 1.13 bits per heavy atom. The Morgan fingerprint density at radius 2 is 1.87 bits per heavy atom. The van der Waals surface area contributed by atoms with Crippen LogP contribution in [0.4, 0.5) is 5.82 Å². The third kappa shape index (κ3) is 4.14. The van der Waals surface area contributed by atoms with Gasteiger partial charge in [-0.2, -0.15) is 0 Å². The molecule has 4 rings (SSSR count). The van der Waals surface area contributed by atoms with E-state index < -0.39 is 0 Å². The predicted molar refractivity (Wildman–Crippen MR) is 121 cm³/mol. The van der Waals surface area contributed by atoms with Crippen LogP contribution in [0.1, 0.15) is 5.56 Å². The maximum Gasteiger partial charge on any atom is 0.295 e. The van der Waals surface area contributed by atoms with Gasteiger partial charge in [-0.1, -0.05) is 34.1 Å². The molecular formula is C22H22BrN5O2. The number of benzene rings is 1. The quantitative estimate of drug-likeness (QED) is 0.539. The number of carbonyl (C=O) groups is 1. The van der Waals surface area contributed by atoms with Gasteiger partial charge in [0.2, 0.25) is 5.91 Å². The van der Waals surface area contributed by atoms with Crippen LogP contribution in [-0.4, -0.2) is 51.5 Å². The number of hydrogen-bond acceptors (Lipinski definition) is 5. The van der Waals surface area contributed by atoms with Gasteiger partial charge in [-0.15, -0.1) is 6.58 Å². The Labute approximate surface area is 182 Å². The van der Waals surface area contributed by atoms with E-state index in [1.807, 2.05) is 40.1 Å². The second kappa shape index (κ2) is 8.79. The van der Waals surface area contributed by atoms with Gasteiger partial charge in [0.1, 0.15) is 5.52 Å². The highest BCUT2D eigenvalue weighted by molar-refractivity contribution is 9.10. The van der Waals surface area contributed by atoms with Gasteiger partial charge in [0, 0.05) is 43.4 Å². The molecule has 0 radical (unpaired) electrons. The number of carbonyl (C=O) groups excluding carboxylic acids is 1. The van der Waals surface area contributed by atoms with Gasteiger partial charge in [-0.25, -0.2) is 9.97 Å². The van der Waals surface area contributed by atoms with Crippen molar-refractivity contribution < 1.29 is 4.79 Å². The SMILES string of the molecule is C=CCn1c(=O)c(N2CCN(C(=O)Cc3ccc(Br)cc3)CC2)nc2cccnc21. The molecule has 8 heteroatoms. The zero-order chi connectivity index (χ0) is 21.1. The molecule has 2 aromatic heterocycles. The molecule has 154 valence electrons. The fourth-order valence-electron chi connectivity index (χ4n) is 3.62. The molecule has 30 heavy (non-hydrogen) atoms. The zero-order valence-corrected chi connectivity index (χ0v) is 18.1. The van der Waals surface area contributed by atoms with Gasteiger partial charge in [0.25, 0.3) is 5.56 Å². The van der Waals surface area contributed by atoms with Gasteiger partial charge in [-0.05, 0) is 29.8 Å². The normalized spacial score (nSPS) is 14.2. The summed E-state index contributed by atoms with van der Waals surface area (Å²) in [4.78, 5) is 38.4. The number of nitrogens with zero attached hydrogens (tertiary/aromatic N) is 5. The van der Waals surface area contributed by atoms with E-state index in [1.165, 1.54) is 0 Å². The second-order valence-corrected chi connectivity index (χ2v) is 8.07. The maximum atomic E-state index is 13.0. The molecule has 3 heterocycles. The summed E-state index contributed by atoms with van der Waals surface area (Å²) >= 11 is 3.41. The van der Waals surface area contributed by atoms with E-state index in [-0.39, 0.29) is 11.5 Å². The number of piperazine rings is 1. The van der Waals surface area contributed by atoms with Gasteiger partial charge in [-0.3, -0.25) is 14.2 Å². The summed E-state index contributed by atoms with van der Waals surface area (Å²) < 4.78 is 2.59. The number of rotatable bonds is 5. The lowest BCUT2D eigenvalue weighted by atomic mass is 10.1. The van der Waals surface area contributed by atoms with Crippen molar-refractivity contribution in [2.45, 2.75) is 13.0 Å². The van der Waals surface area contributed by atoms with Crippen molar-refractivity contribution >= 4 is 38.8 Å². The number of halogens is 1. The summed E-state index contributed by atoms with van der Waals surface area (Å²) in [6, 6.07) is 11.4. The van der Waals surface area contributed by atoms with Gasteiger partial charge >= 0.3 is 0 Å². The van der Waals surface area contributed by atoms with Crippen LogP contribution in [0, 0.1) is 0 Å². The first-order chi connectivity index (χ1) is 14.6. The molecule has 0 bridgehead atoms. The lowest BCUT2D eigenvalue weighted by Gasteiger charge is -2.35. The number of aromatic nitrogens is 3. The third-order valence-corrected chi connectivity index (χ3v) is 5.73. The molecule has 0 N–H and O–H groups in total. The number of pyridine rings is 1. The van der Waals surface area contributed by atoms with E-state index in [2.05, 4.69) is 32.5 Å². The van der Waals surface area contributed by atoms with E-state index in [9.17, 15) is 9.59 Å². The Hall–Kier alpha value is -3.00. The lowest BCUT2D eigenvalue weighted by molar-refractivity contribution is -0.130. The fraction of sp³-hybridized carbons (Fsp3) is 0.273. The van der Waals surface area contributed by atoms with Crippen molar-refractivity contribution in [1.82, 2.24) is 19.4 Å².